The Morgan fingerprint density at radius 3 is 2.26 bits per heavy atom. The van der Waals surface area contributed by atoms with Crippen molar-refractivity contribution in [2.24, 2.45) is 4.99 Å². The van der Waals surface area contributed by atoms with Crippen LogP contribution in [0, 0.1) is 0 Å². The van der Waals surface area contributed by atoms with Gasteiger partial charge in [-0.05, 0) is 48.4 Å². The van der Waals surface area contributed by atoms with E-state index in [2.05, 4.69) is 4.99 Å². The molecule has 1 atom stereocenters. The van der Waals surface area contributed by atoms with Crippen LogP contribution in [0.1, 0.15) is 41.4 Å². The normalized spacial score (nSPS) is 14.9. The second-order valence-electron chi connectivity index (χ2n) is 8.19. The predicted octanol–water partition coefficient (Wildman–Crippen LogP) is 2.13. The van der Waals surface area contributed by atoms with Crippen LogP contribution in [0.3, 0.4) is 0 Å². The highest BCUT2D eigenvalue weighted by molar-refractivity contribution is 7.07. The zero-order valence-corrected chi connectivity index (χ0v) is 22.1. The molecule has 2 heterocycles. The fourth-order valence-electron chi connectivity index (χ4n) is 4.09. The zero-order chi connectivity index (χ0) is 27.6. The molecule has 1 aliphatic rings. The number of thiazole rings is 1. The van der Waals surface area contributed by atoms with Gasteiger partial charge in [-0.15, -0.1) is 0 Å². The van der Waals surface area contributed by atoms with Gasteiger partial charge in [0, 0.05) is 6.92 Å². The van der Waals surface area contributed by atoms with Crippen molar-refractivity contribution < 1.29 is 33.3 Å². The van der Waals surface area contributed by atoms with Gasteiger partial charge in [0.15, 0.2) is 16.3 Å². The number of methoxy groups -OCH3 is 3. The van der Waals surface area contributed by atoms with Crippen molar-refractivity contribution in [1.29, 1.82) is 0 Å². The summed E-state index contributed by atoms with van der Waals surface area (Å²) < 4.78 is 22.2. The van der Waals surface area contributed by atoms with Crippen molar-refractivity contribution >= 4 is 35.3 Å². The molecule has 0 radical (unpaired) electrons. The van der Waals surface area contributed by atoms with Crippen LogP contribution in [0.25, 0.3) is 6.08 Å². The lowest BCUT2D eigenvalue weighted by molar-refractivity contribution is -0.136. The van der Waals surface area contributed by atoms with Gasteiger partial charge in [0.1, 0.15) is 0 Å². The molecular formula is C27H24N2O8S. The molecule has 1 aliphatic heterocycles. The highest BCUT2D eigenvalue weighted by atomic mass is 32.1. The number of ether oxygens (including phenoxy) is 4. The third kappa shape index (κ3) is 5.00. The molecule has 0 saturated carbocycles. The molecule has 0 saturated heterocycles. The van der Waals surface area contributed by atoms with Crippen LogP contribution in [0.4, 0.5) is 0 Å². The Morgan fingerprint density at radius 2 is 1.66 bits per heavy atom. The zero-order valence-electron chi connectivity index (χ0n) is 21.3. The average molecular weight is 537 g/mol. The van der Waals surface area contributed by atoms with E-state index in [0.29, 0.717) is 31.7 Å². The first-order chi connectivity index (χ1) is 18.2. The van der Waals surface area contributed by atoms with Gasteiger partial charge in [0.05, 0.1) is 48.7 Å². The lowest BCUT2D eigenvalue weighted by Crippen LogP contribution is -2.39. The second kappa shape index (κ2) is 10.9. The summed E-state index contributed by atoms with van der Waals surface area (Å²) in [4.78, 5) is 54.7. The quantitative estimate of drug-likeness (QED) is 0.347. The number of nitrogens with zero attached hydrogens (tertiary/aromatic N) is 2. The van der Waals surface area contributed by atoms with Crippen LogP contribution in [-0.4, -0.2) is 43.8 Å². The highest BCUT2D eigenvalue weighted by Crippen LogP contribution is 2.36. The number of allylic oxidation sites excluding steroid dienone is 1. The van der Waals surface area contributed by atoms with Gasteiger partial charge in [-0.2, -0.15) is 0 Å². The Hall–Kier alpha value is -4.51. The molecule has 10 nitrogen and oxygen atoms in total. The number of hydrogen-bond donors (Lipinski definition) is 0. The monoisotopic (exact) mass is 536 g/mol. The maximum absolute atomic E-state index is 13.7. The third-order valence-electron chi connectivity index (χ3n) is 5.81. The van der Waals surface area contributed by atoms with Gasteiger partial charge in [-0.25, -0.2) is 14.6 Å². The summed E-state index contributed by atoms with van der Waals surface area (Å²) in [6.07, 6.45) is 1.68. The molecule has 0 fully saturated rings. The minimum atomic E-state index is -0.872. The van der Waals surface area contributed by atoms with E-state index in [0.717, 1.165) is 0 Å². The van der Waals surface area contributed by atoms with Gasteiger partial charge in [0.25, 0.3) is 5.56 Å². The molecule has 38 heavy (non-hydrogen) atoms. The molecule has 0 aliphatic carbocycles. The van der Waals surface area contributed by atoms with Gasteiger partial charge in [-0.1, -0.05) is 29.5 Å². The summed E-state index contributed by atoms with van der Waals surface area (Å²) in [5, 5.41) is 0. The number of fused-ring (bicyclic) bond motifs is 1. The largest absolute Gasteiger partial charge is 0.493 e. The number of rotatable bonds is 6. The number of hydrogen-bond acceptors (Lipinski definition) is 10. The number of benzene rings is 2. The van der Waals surface area contributed by atoms with E-state index in [4.69, 9.17) is 18.9 Å². The fraction of sp³-hybridized carbons (Fsp3) is 0.222. The molecule has 0 spiro atoms. The van der Waals surface area contributed by atoms with Crippen LogP contribution >= 0.6 is 11.3 Å². The maximum Gasteiger partial charge on any atom is 0.338 e. The van der Waals surface area contributed by atoms with E-state index >= 15 is 0 Å². The first-order valence-electron chi connectivity index (χ1n) is 11.3. The van der Waals surface area contributed by atoms with Crippen molar-refractivity contribution in [3.05, 3.63) is 90.1 Å². The molecule has 0 N–H and O–H groups in total. The third-order valence-corrected chi connectivity index (χ3v) is 6.80. The number of carbonyl (C=O) groups is 3. The van der Waals surface area contributed by atoms with E-state index in [1.165, 1.54) is 44.2 Å². The molecule has 196 valence electrons. The van der Waals surface area contributed by atoms with Gasteiger partial charge in [0.2, 0.25) is 0 Å². The Morgan fingerprint density at radius 1 is 0.974 bits per heavy atom. The summed E-state index contributed by atoms with van der Waals surface area (Å²) in [5.41, 5.74) is 1.83. The van der Waals surface area contributed by atoms with Crippen LogP contribution in [-0.2, 0) is 19.1 Å². The summed E-state index contributed by atoms with van der Waals surface area (Å²) in [7, 11) is 3.98. The summed E-state index contributed by atoms with van der Waals surface area (Å²) in [6.45, 7) is 2.95. The van der Waals surface area contributed by atoms with Crippen molar-refractivity contribution in [2.75, 3.05) is 21.3 Å². The maximum atomic E-state index is 13.7. The minimum Gasteiger partial charge on any atom is -0.493 e. The summed E-state index contributed by atoms with van der Waals surface area (Å²) in [6, 6.07) is 10.5. The number of aromatic nitrogens is 1. The Labute approximate surface area is 221 Å². The number of esters is 3. The van der Waals surface area contributed by atoms with E-state index in [1.807, 2.05) is 0 Å². The van der Waals surface area contributed by atoms with Crippen LogP contribution < -0.4 is 24.4 Å². The Balaban J connectivity index is 1.90. The molecule has 3 aromatic rings. The van der Waals surface area contributed by atoms with E-state index < -0.39 is 23.9 Å². The van der Waals surface area contributed by atoms with Gasteiger partial charge >= 0.3 is 17.9 Å². The second-order valence-corrected chi connectivity index (χ2v) is 9.20. The van der Waals surface area contributed by atoms with Crippen LogP contribution in [0.5, 0.6) is 11.5 Å². The molecule has 2 aromatic carbocycles. The Bertz CT molecular complexity index is 1650. The van der Waals surface area contributed by atoms with Gasteiger partial charge < -0.3 is 18.9 Å². The lowest BCUT2D eigenvalue weighted by Gasteiger charge is -2.25. The first-order valence-corrected chi connectivity index (χ1v) is 12.2. The molecular weight excluding hydrogens is 512 g/mol. The predicted molar refractivity (Wildman–Crippen MR) is 138 cm³/mol. The van der Waals surface area contributed by atoms with Crippen molar-refractivity contribution in [3.8, 4) is 11.5 Å². The standard InChI is InChI=1S/C27H24N2O8S/c1-14-22(26(33)36-5)23(18-10-11-19(37-15(2)30)20(13-18)34-3)29-24(31)21(38-27(29)28-14)12-16-6-8-17(9-7-16)25(32)35-4/h6-13,23H,1-5H3/b21-12-. The van der Waals surface area contributed by atoms with Crippen molar-refractivity contribution in [2.45, 2.75) is 19.9 Å². The molecule has 0 bridgehead atoms. The molecule has 11 heteroatoms. The van der Waals surface area contributed by atoms with E-state index in [1.54, 1.807) is 55.5 Å². The SMILES string of the molecule is COC(=O)C1=C(C)N=c2s/c(=C\c3ccc(C(=O)OC)cc3)c(=O)n2C1c1ccc(OC(C)=O)c(OC)c1. The summed E-state index contributed by atoms with van der Waals surface area (Å²) >= 11 is 1.17. The summed E-state index contributed by atoms with van der Waals surface area (Å²) in [5.74, 6) is -1.16. The minimum absolute atomic E-state index is 0.191. The lowest BCUT2D eigenvalue weighted by atomic mass is 9.95. The van der Waals surface area contributed by atoms with Crippen molar-refractivity contribution in [1.82, 2.24) is 4.57 Å². The molecule has 1 unspecified atom stereocenters. The molecule has 0 amide bonds. The van der Waals surface area contributed by atoms with E-state index in [9.17, 15) is 19.2 Å². The Kier molecular flexibility index (Phi) is 7.58. The fourth-order valence-corrected chi connectivity index (χ4v) is 5.13. The van der Waals surface area contributed by atoms with Crippen molar-refractivity contribution in [3.63, 3.8) is 0 Å². The number of carbonyl (C=O) groups excluding carboxylic acids is 3. The smallest absolute Gasteiger partial charge is 0.338 e. The average Bonchev–Trinajstić information content (AvgIpc) is 3.21. The first kappa shape index (κ1) is 26.6. The highest BCUT2D eigenvalue weighted by Gasteiger charge is 2.33. The topological polar surface area (TPSA) is 122 Å². The van der Waals surface area contributed by atoms with E-state index in [-0.39, 0.29) is 22.6 Å². The molecule has 4 rings (SSSR count). The van der Waals surface area contributed by atoms with Crippen LogP contribution in [0.15, 0.2) is 63.5 Å². The van der Waals surface area contributed by atoms with Crippen LogP contribution in [0.2, 0.25) is 0 Å². The molecule has 1 aromatic heterocycles. The van der Waals surface area contributed by atoms with Gasteiger partial charge in [-0.3, -0.25) is 14.2 Å².